The average Bonchev–Trinajstić information content (AvgIpc) is 3.10. The Balaban J connectivity index is 1.93. The highest BCUT2D eigenvalue weighted by atomic mass is 16.7. The van der Waals surface area contributed by atoms with Crippen molar-refractivity contribution in [3.8, 4) is 23.1 Å². The van der Waals surface area contributed by atoms with Crippen LogP contribution in [0, 0.1) is 0 Å². The second-order valence-corrected chi connectivity index (χ2v) is 6.09. The molecule has 116 valence electrons. The lowest BCUT2D eigenvalue weighted by atomic mass is 9.96. The lowest BCUT2D eigenvalue weighted by Gasteiger charge is -2.24. The number of methoxy groups -OCH3 is 1. The van der Waals surface area contributed by atoms with E-state index in [1.807, 2.05) is 12.1 Å². The van der Waals surface area contributed by atoms with E-state index in [4.69, 9.17) is 18.9 Å². The van der Waals surface area contributed by atoms with Crippen molar-refractivity contribution in [2.75, 3.05) is 13.9 Å². The molecular weight excluding hydrogens is 286 g/mol. The van der Waals surface area contributed by atoms with Gasteiger partial charge in [-0.15, -0.1) is 0 Å². The van der Waals surface area contributed by atoms with E-state index in [1.54, 1.807) is 21.0 Å². The van der Waals surface area contributed by atoms with Crippen molar-refractivity contribution >= 4 is 10.9 Å². The van der Waals surface area contributed by atoms with Gasteiger partial charge < -0.3 is 24.1 Å². The Bertz CT molecular complexity index is 765. The maximum atomic E-state index is 10.2. The minimum Gasteiger partial charge on any atom is -0.496 e. The Morgan fingerprint density at radius 1 is 1.32 bits per heavy atom. The highest BCUT2D eigenvalue weighted by molar-refractivity contribution is 5.94. The number of hydrogen-bond donors (Lipinski definition) is 1. The molecule has 1 aromatic heterocycles. The molecule has 2 aliphatic heterocycles. The van der Waals surface area contributed by atoms with Crippen LogP contribution in [0.3, 0.4) is 0 Å². The van der Waals surface area contributed by atoms with Crippen LogP contribution in [0.4, 0.5) is 0 Å². The van der Waals surface area contributed by atoms with Crippen molar-refractivity contribution < 1.29 is 24.1 Å². The molecule has 22 heavy (non-hydrogen) atoms. The number of fused-ring (bicyclic) bond motifs is 4. The zero-order valence-corrected chi connectivity index (χ0v) is 12.7. The van der Waals surface area contributed by atoms with Gasteiger partial charge in [-0.2, -0.15) is 0 Å². The minimum atomic E-state index is -0.959. The fourth-order valence-corrected chi connectivity index (χ4v) is 2.95. The van der Waals surface area contributed by atoms with Crippen molar-refractivity contribution in [2.45, 2.75) is 32.0 Å². The maximum Gasteiger partial charge on any atom is 0.231 e. The standard InChI is InChI=1S/C16H17NO5/c1-16(2,18)11-6-9-13(19-3)8-4-5-10-14(21-7-20-10)12(8)17-15(9)22-11/h4-5,11,18H,6-7H2,1-3H3/t11-/m0/s1. The van der Waals surface area contributed by atoms with Crippen LogP contribution in [0.2, 0.25) is 0 Å². The van der Waals surface area contributed by atoms with Gasteiger partial charge in [-0.1, -0.05) is 0 Å². The Kier molecular flexibility index (Phi) is 2.69. The van der Waals surface area contributed by atoms with Gasteiger partial charge in [-0.3, -0.25) is 0 Å². The van der Waals surface area contributed by atoms with Crippen LogP contribution in [-0.4, -0.2) is 35.7 Å². The predicted molar refractivity (Wildman–Crippen MR) is 78.8 cm³/mol. The second-order valence-electron chi connectivity index (χ2n) is 6.09. The van der Waals surface area contributed by atoms with Gasteiger partial charge >= 0.3 is 0 Å². The number of ether oxygens (including phenoxy) is 4. The SMILES string of the molecule is COc1c2c(nc3c4c(ccc13)OCO4)O[C@H](C(C)(C)O)C2. The molecular formula is C16H17NO5. The molecule has 6 heteroatoms. The first-order valence-corrected chi connectivity index (χ1v) is 7.17. The zero-order valence-electron chi connectivity index (χ0n) is 12.7. The minimum absolute atomic E-state index is 0.183. The topological polar surface area (TPSA) is 70.0 Å². The molecule has 0 bridgehead atoms. The van der Waals surface area contributed by atoms with Gasteiger partial charge in [-0.05, 0) is 26.0 Å². The fourth-order valence-electron chi connectivity index (χ4n) is 2.95. The zero-order chi connectivity index (χ0) is 15.5. The van der Waals surface area contributed by atoms with E-state index in [2.05, 4.69) is 4.98 Å². The molecule has 0 saturated carbocycles. The van der Waals surface area contributed by atoms with E-state index in [0.717, 1.165) is 10.9 Å². The molecule has 0 radical (unpaired) electrons. The first-order valence-electron chi connectivity index (χ1n) is 7.17. The Morgan fingerprint density at radius 2 is 2.14 bits per heavy atom. The predicted octanol–water partition coefficient (Wildman–Crippen LogP) is 2.05. The molecule has 1 atom stereocenters. The summed E-state index contributed by atoms with van der Waals surface area (Å²) in [5.74, 6) is 2.47. The third-order valence-corrected chi connectivity index (χ3v) is 4.14. The summed E-state index contributed by atoms with van der Waals surface area (Å²) in [6.45, 7) is 3.64. The van der Waals surface area contributed by atoms with Crippen LogP contribution >= 0.6 is 0 Å². The first kappa shape index (κ1) is 13.5. The molecule has 3 heterocycles. The third kappa shape index (κ3) is 1.80. The molecule has 1 N–H and O–H groups in total. The summed E-state index contributed by atoms with van der Waals surface area (Å²) < 4.78 is 22.3. The normalized spacial score (nSPS) is 19.2. The van der Waals surface area contributed by atoms with E-state index in [9.17, 15) is 5.11 Å². The maximum absolute atomic E-state index is 10.2. The van der Waals surface area contributed by atoms with Crippen LogP contribution in [-0.2, 0) is 6.42 Å². The van der Waals surface area contributed by atoms with E-state index in [0.29, 0.717) is 35.1 Å². The number of aliphatic hydroxyl groups is 1. The van der Waals surface area contributed by atoms with Gasteiger partial charge in [0.1, 0.15) is 17.4 Å². The summed E-state index contributed by atoms with van der Waals surface area (Å²) >= 11 is 0. The lowest BCUT2D eigenvalue weighted by Crippen LogP contribution is -2.39. The molecule has 1 aromatic carbocycles. The van der Waals surface area contributed by atoms with Crippen LogP contribution in [0.25, 0.3) is 10.9 Å². The van der Waals surface area contributed by atoms with Crippen molar-refractivity contribution in [1.82, 2.24) is 4.98 Å². The van der Waals surface area contributed by atoms with Gasteiger partial charge in [0, 0.05) is 11.8 Å². The number of rotatable bonds is 2. The van der Waals surface area contributed by atoms with Crippen LogP contribution < -0.4 is 18.9 Å². The smallest absolute Gasteiger partial charge is 0.231 e. The molecule has 0 unspecified atom stereocenters. The number of pyridine rings is 1. The summed E-state index contributed by atoms with van der Waals surface area (Å²) in [6.07, 6.45) is 0.199. The van der Waals surface area contributed by atoms with E-state index in [-0.39, 0.29) is 12.9 Å². The molecule has 0 aliphatic carbocycles. The molecule has 6 nitrogen and oxygen atoms in total. The molecule has 2 aliphatic rings. The molecule has 0 fully saturated rings. The lowest BCUT2D eigenvalue weighted by molar-refractivity contribution is -0.0243. The monoisotopic (exact) mass is 303 g/mol. The number of benzene rings is 1. The first-order chi connectivity index (χ1) is 10.5. The molecule has 2 aromatic rings. The summed E-state index contributed by atoms with van der Waals surface area (Å²) in [6, 6.07) is 3.76. The van der Waals surface area contributed by atoms with Gasteiger partial charge in [0.05, 0.1) is 18.3 Å². The van der Waals surface area contributed by atoms with Crippen LogP contribution in [0.15, 0.2) is 12.1 Å². The number of aromatic nitrogens is 1. The number of nitrogens with zero attached hydrogens (tertiary/aromatic N) is 1. The van der Waals surface area contributed by atoms with Crippen LogP contribution in [0.5, 0.6) is 23.1 Å². The van der Waals surface area contributed by atoms with Crippen LogP contribution in [0.1, 0.15) is 19.4 Å². The highest BCUT2D eigenvalue weighted by Gasteiger charge is 2.38. The van der Waals surface area contributed by atoms with E-state index >= 15 is 0 Å². The summed E-state index contributed by atoms with van der Waals surface area (Å²) in [5, 5.41) is 11.1. The van der Waals surface area contributed by atoms with Crippen molar-refractivity contribution in [1.29, 1.82) is 0 Å². The summed E-state index contributed by atoms with van der Waals surface area (Å²) in [4.78, 5) is 4.58. The Labute approximate surface area is 127 Å². The molecule has 0 saturated heterocycles. The van der Waals surface area contributed by atoms with Gasteiger partial charge in [-0.25, -0.2) is 4.98 Å². The van der Waals surface area contributed by atoms with Gasteiger partial charge in [0.25, 0.3) is 0 Å². The van der Waals surface area contributed by atoms with Gasteiger partial charge in [0.2, 0.25) is 12.7 Å². The molecule has 4 rings (SSSR count). The Hall–Kier alpha value is -2.21. The van der Waals surface area contributed by atoms with E-state index in [1.165, 1.54) is 0 Å². The summed E-state index contributed by atoms with van der Waals surface area (Å²) in [5.41, 5.74) is 0.572. The Morgan fingerprint density at radius 3 is 2.86 bits per heavy atom. The summed E-state index contributed by atoms with van der Waals surface area (Å²) in [7, 11) is 1.62. The van der Waals surface area contributed by atoms with Crippen molar-refractivity contribution in [2.24, 2.45) is 0 Å². The van der Waals surface area contributed by atoms with Crippen molar-refractivity contribution in [3.63, 3.8) is 0 Å². The second kappa shape index (κ2) is 4.39. The third-order valence-electron chi connectivity index (χ3n) is 4.14. The largest absolute Gasteiger partial charge is 0.496 e. The van der Waals surface area contributed by atoms with E-state index < -0.39 is 5.60 Å². The average molecular weight is 303 g/mol. The quantitative estimate of drug-likeness (QED) is 0.915. The van der Waals surface area contributed by atoms with Crippen molar-refractivity contribution in [3.05, 3.63) is 17.7 Å². The fraction of sp³-hybridized carbons (Fsp3) is 0.438. The van der Waals surface area contributed by atoms with Gasteiger partial charge in [0.15, 0.2) is 11.5 Å². The highest BCUT2D eigenvalue weighted by Crippen LogP contribution is 2.47. The number of hydrogen-bond acceptors (Lipinski definition) is 6. The molecule has 0 spiro atoms. The molecule has 0 amide bonds.